The van der Waals surface area contributed by atoms with Crippen molar-refractivity contribution < 1.29 is 4.74 Å². The molecule has 0 aliphatic heterocycles. The fourth-order valence-electron chi connectivity index (χ4n) is 1.51. The minimum absolute atomic E-state index is 0.741. The van der Waals surface area contributed by atoms with Crippen LogP contribution >= 0.6 is 0 Å². The highest BCUT2D eigenvalue weighted by molar-refractivity contribution is 5.64. The van der Waals surface area contributed by atoms with Crippen molar-refractivity contribution in [1.82, 2.24) is 0 Å². The van der Waals surface area contributed by atoms with Gasteiger partial charge in [-0.25, -0.2) is 0 Å². The molecule has 0 saturated carbocycles. The number of hydrogen-bond donors (Lipinski definition) is 1. The summed E-state index contributed by atoms with van der Waals surface area (Å²) in [5, 5.41) is 0. The molecule has 0 amide bonds. The van der Waals surface area contributed by atoms with Gasteiger partial charge in [0.05, 0.1) is 12.8 Å². The van der Waals surface area contributed by atoms with Crippen LogP contribution in [0.1, 0.15) is 6.92 Å². The molecule has 0 aliphatic rings. The van der Waals surface area contributed by atoms with Gasteiger partial charge in [0.1, 0.15) is 5.75 Å². The minimum Gasteiger partial charge on any atom is -0.495 e. The molecular weight excluding hydrogens is 212 g/mol. The van der Waals surface area contributed by atoms with Crippen LogP contribution in [0, 0.1) is 0 Å². The van der Waals surface area contributed by atoms with E-state index in [4.69, 9.17) is 10.5 Å². The summed E-state index contributed by atoms with van der Waals surface area (Å²) in [7, 11) is 3.68. The molecule has 92 valence electrons. The maximum Gasteiger partial charge on any atom is 0.142 e. The van der Waals surface area contributed by atoms with Crippen molar-refractivity contribution in [2.75, 3.05) is 31.3 Å². The zero-order valence-corrected chi connectivity index (χ0v) is 10.7. The third-order valence-electron chi connectivity index (χ3n) is 2.43. The molecule has 0 atom stereocenters. The zero-order chi connectivity index (χ0) is 12.7. The van der Waals surface area contributed by atoms with Gasteiger partial charge >= 0.3 is 0 Å². The molecule has 0 aromatic heterocycles. The number of rotatable bonds is 5. The third-order valence-corrected chi connectivity index (χ3v) is 2.43. The van der Waals surface area contributed by atoms with Crippen LogP contribution in [0.25, 0.3) is 0 Å². The smallest absolute Gasteiger partial charge is 0.142 e. The van der Waals surface area contributed by atoms with Crippen molar-refractivity contribution >= 4 is 11.4 Å². The Morgan fingerprint density at radius 1 is 1.35 bits per heavy atom. The van der Waals surface area contributed by atoms with Gasteiger partial charge in [-0.3, -0.25) is 0 Å². The number of ether oxygens (including phenoxy) is 1. The molecule has 0 saturated heterocycles. The molecule has 0 spiro atoms. The summed E-state index contributed by atoms with van der Waals surface area (Å²) in [5.41, 5.74) is 7.52. The van der Waals surface area contributed by atoms with E-state index in [1.165, 1.54) is 0 Å². The first-order chi connectivity index (χ1) is 8.19. The lowest BCUT2D eigenvalue weighted by Gasteiger charge is -2.20. The molecule has 1 aromatic rings. The molecular formula is C14H20N2O. The van der Waals surface area contributed by atoms with Crippen molar-refractivity contribution in [1.29, 1.82) is 0 Å². The Balaban J connectivity index is 2.79. The predicted octanol–water partition coefficient (Wildman–Crippen LogP) is 2.85. The zero-order valence-electron chi connectivity index (χ0n) is 10.7. The van der Waals surface area contributed by atoms with Crippen LogP contribution in [-0.4, -0.2) is 20.7 Å². The van der Waals surface area contributed by atoms with E-state index in [0.717, 1.165) is 23.7 Å². The fraction of sp³-hybridized carbons (Fsp3) is 0.286. The molecule has 2 N–H and O–H groups in total. The highest BCUT2D eigenvalue weighted by Gasteiger charge is 2.06. The van der Waals surface area contributed by atoms with E-state index in [-0.39, 0.29) is 0 Å². The summed E-state index contributed by atoms with van der Waals surface area (Å²) < 4.78 is 5.31. The third kappa shape index (κ3) is 3.87. The highest BCUT2D eigenvalue weighted by atomic mass is 16.5. The Hall–Kier alpha value is -1.90. The second-order valence-corrected chi connectivity index (χ2v) is 3.77. The van der Waals surface area contributed by atoms with Gasteiger partial charge in [-0.1, -0.05) is 24.3 Å². The first-order valence-corrected chi connectivity index (χ1v) is 5.61. The first-order valence-electron chi connectivity index (χ1n) is 5.61. The summed E-state index contributed by atoms with van der Waals surface area (Å²) in [4.78, 5) is 2.09. The average molecular weight is 232 g/mol. The summed E-state index contributed by atoms with van der Waals surface area (Å²) in [5.74, 6) is 0.834. The molecule has 17 heavy (non-hydrogen) atoms. The first kappa shape index (κ1) is 13.2. The molecule has 0 aliphatic carbocycles. The van der Waals surface area contributed by atoms with Crippen LogP contribution in [0.5, 0.6) is 5.75 Å². The molecule has 1 rings (SSSR count). The number of allylic oxidation sites excluding steroid dienone is 3. The van der Waals surface area contributed by atoms with Crippen LogP contribution in [0.4, 0.5) is 11.4 Å². The minimum atomic E-state index is 0.741. The van der Waals surface area contributed by atoms with Crippen molar-refractivity contribution in [2.24, 2.45) is 0 Å². The number of likely N-dealkylation sites (N-methyl/N-ethyl adjacent to an activating group) is 1. The summed E-state index contributed by atoms with van der Waals surface area (Å²) in [6, 6.07) is 5.64. The van der Waals surface area contributed by atoms with Gasteiger partial charge in [0.25, 0.3) is 0 Å². The second kappa shape index (κ2) is 6.63. The molecule has 0 radical (unpaired) electrons. The summed E-state index contributed by atoms with van der Waals surface area (Å²) >= 11 is 0. The van der Waals surface area contributed by atoms with E-state index in [9.17, 15) is 0 Å². The topological polar surface area (TPSA) is 38.5 Å². The maximum atomic E-state index is 5.78. The molecule has 3 heteroatoms. The number of benzene rings is 1. The number of nitrogens with two attached hydrogens (primary N) is 1. The van der Waals surface area contributed by atoms with Crippen LogP contribution in [0.2, 0.25) is 0 Å². The van der Waals surface area contributed by atoms with Gasteiger partial charge in [0.15, 0.2) is 0 Å². The van der Waals surface area contributed by atoms with E-state index < -0.39 is 0 Å². The number of nitrogens with zero attached hydrogens (tertiary/aromatic N) is 1. The number of anilines is 2. The van der Waals surface area contributed by atoms with E-state index in [2.05, 4.69) is 11.0 Å². The average Bonchev–Trinajstić information content (AvgIpc) is 2.34. The van der Waals surface area contributed by atoms with Crippen LogP contribution in [-0.2, 0) is 0 Å². The van der Waals surface area contributed by atoms with Crippen LogP contribution in [0.3, 0.4) is 0 Å². The Kier molecular flexibility index (Phi) is 5.14. The fourth-order valence-corrected chi connectivity index (χ4v) is 1.51. The summed E-state index contributed by atoms with van der Waals surface area (Å²) in [6.07, 6.45) is 8.11. The quantitative estimate of drug-likeness (QED) is 0.626. The molecule has 1 aromatic carbocycles. The normalized spacial score (nSPS) is 11.2. The molecule has 0 fully saturated rings. The van der Waals surface area contributed by atoms with Crippen molar-refractivity contribution in [3.63, 3.8) is 0 Å². The number of nitrogen functional groups attached to an aromatic ring is 1. The monoisotopic (exact) mass is 232 g/mol. The van der Waals surface area contributed by atoms with E-state index in [0.29, 0.717) is 0 Å². The van der Waals surface area contributed by atoms with E-state index >= 15 is 0 Å². The van der Waals surface area contributed by atoms with Gasteiger partial charge in [-0.05, 0) is 25.1 Å². The SMILES string of the molecule is C/C=C\C=C/CN(C)c1cc(N)ccc1OC. The number of methoxy groups -OCH3 is 1. The van der Waals surface area contributed by atoms with E-state index in [1.54, 1.807) is 7.11 Å². The molecule has 0 bridgehead atoms. The number of hydrogen-bond acceptors (Lipinski definition) is 3. The second-order valence-electron chi connectivity index (χ2n) is 3.77. The van der Waals surface area contributed by atoms with Crippen LogP contribution < -0.4 is 15.4 Å². The van der Waals surface area contributed by atoms with Gasteiger partial charge in [0.2, 0.25) is 0 Å². The lowest BCUT2D eigenvalue weighted by Crippen LogP contribution is -2.17. The van der Waals surface area contributed by atoms with Crippen molar-refractivity contribution in [3.05, 3.63) is 42.5 Å². The van der Waals surface area contributed by atoms with Crippen LogP contribution in [0.15, 0.2) is 42.5 Å². The summed E-state index contributed by atoms with van der Waals surface area (Å²) in [6.45, 7) is 2.80. The Bertz CT molecular complexity index is 411. The van der Waals surface area contributed by atoms with Gasteiger partial charge in [-0.15, -0.1) is 0 Å². The predicted molar refractivity (Wildman–Crippen MR) is 74.6 cm³/mol. The Morgan fingerprint density at radius 2 is 2.12 bits per heavy atom. The maximum absolute atomic E-state index is 5.78. The lowest BCUT2D eigenvalue weighted by atomic mass is 10.2. The molecule has 0 unspecified atom stereocenters. The lowest BCUT2D eigenvalue weighted by molar-refractivity contribution is 0.415. The van der Waals surface area contributed by atoms with Gasteiger partial charge < -0.3 is 15.4 Å². The highest BCUT2D eigenvalue weighted by Crippen LogP contribution is 2.29. The molecule has 3 nitrogen and oxygen atoms in total. The van der Waals surface area contributed by atoms with E-state index in [1.807, 2.05) is 50.4 Å². The van der Waals surface area contributed by atoms with Gasteiger partial charge in [0, 0.05) is 19.3 Å². The van der Waals surface area contributed by atoms with Gasteiger partial charge in [-0.2, -0.15) is 0 Å². The Morgan fingerprint density at radius 3 is 2.76 bits per heavy atom. The molecule has 0 heterocycles. The Labute approximate surface area is 103 Å². The standard InChI is InChI=1S/C14H20N2O/c1-4-5-6-7-10-16(2)13-11-12(15)8-9-14(13)17-3/h4-9,11H,10,15H2,1-3H3/b5-4-,7-6-. The van der Waals surface area contributed by atoms with Crippen molar-refractivity contribution in [2.45, 2.75) is 6.92 Å². The van der Waals surface area contributed by atoms with Crippen molar-refractivity contribution in [3.8, 4) is 5.75 Å². The largest absolute Gasteiger partial charge is 0.495 e.